The molecule has 3 saturated heterocycles. The van der Waals surface area contributed by atoms with Crippen LogP contribution in [0.4, 0.5) is 4.79 Å². The van der Waals surface area contributed by atoms with Crippen LogP contribution in [0, 0.1) is 11.8 Å². The Kier molecular flexibility index (Phi) is 1.39. The van der Waals surface area contributed by atoms with Gasteiger partial charge in [-0.3, -0.25) is 0 Å². The Morgan fingerprint density at radius 3 is 2.23 bits per heavy atom. The van der Waals surface area contributed by atoms with Crippen LogP contribution in [-0.4, -0.2) is 41.3 Å². The summed E-state index contributed by atoms with van der Waals surface area (Å²) in [5, 5.41) is 12.4. The van der Waals surface area contributed by atoms with Crippen LogP contribution in [0.1, 0.15) is 12.8 Å². The number of likely N-dealkylation sites (tertiary alicyclic amines) is 1. The van der Waals surface area contributed by atoms with Crippen LogP contribution < -0.4 is 5.32 Å². The molecule has 72 valence electrons. The van der Waals surface area contributed by atoms with E-state index in [9.17, 15) is 4.79 Å². The number of nitrogens with one attached hydrogen (secondary N) is 1. The molecule has 13 heavy (non-hydrogen) atoms. The van der Waals surface area contributed by atoms with Gasteiger partial charge in [-0.2, -0.15) is 0 Å². The summed E-state index contributed by atoms with van der Waals surface area (Å²) in [5.41, 5.74) is 0. The topological polar surface area (TPSA) is 52.6 Å². The number of amides is 1. The van der Waals surface area contributed by atoms with Gasteiger partial charge in [-0.25, -0.2) is 4.79 Å². The van der Waals surface area contributed by atoms with Crippen LogP contribution in [0.15, 0.2) is 0 Å². The number of hydrogen-bond acceptors (Lipinski definition) is 2. The second kappa shape index (κ2) is 2.38. The van der Waals surface area contributed by atoms with Crippen molar-refractivity contribution in [1.29, 1.82) is 0 Å². The fourth-order valence-corrected chi connectivity index (χ4v) is 3.34. The van der Waals surface area contributed by atoms with E-state index in [1.54, 1.807) is 4.90 Å². The van der Waals surface area contributed by atoms with Crippen LogP contribution in [0.25, 0.3) is 0 Å². The fraction of sp³-hybridized carbons (Fsp3) is 0.889. The molecular formula is C9H14N2O2. The minimum Gasteiger partial charge on any atom is -0.465 e. The molecule has 0 aromatic rings. The molecule has 4 heteroatoms. The molecule has 0 aromatic heterocycles. The van der Waals surface area contributed by atoms with E-state index < -0.39 is 6.09 Å². The zero-order valence-corrected chi connectivity index (χ0v) is 7.44. The van der Waals surface area contributed by atoms with Crippen molar-refractivity contribution in [3.8, 4) is 0 Å². The Morgan fingerprint density at radius 1 is 1.23 bits per heavy atom. The van der Waals surface area contributed by atoms with Gasteiger partial charge < -0.3 is 15.3 Å². The summed E-state index contributed by atoms with van der Waals surface area (Å²) in [6.45, 7) is 1.52. The van der Waals surface area contributed by atoms with Gasteiger partial charge in [-0.05, 0) is 24.7 Å². The number of nitrogens with zero attached hydrogens (tertiary/aromatic N) is 1. The molecule has 0 spiro atoms. The highest BCUT2D eigenvalue weighted by Crippen LogP contribution is 2.42. The van der Waals surface area contributed by atoms with Crippen molar-refractivity contribution in [3.05, 3.63) is 0 Å². The molecule has 3 aliphatic heterocycles. The van der Waals surface area contributed by atoms with Crippen molar-refractivity contribution in [2.45, 2.75) is 24.9 Å². The number of hydrogen-bond donors (Lipinski definition) is 2. The first-order chi connectivity index (χ1) is 6.25. The lowest BCUT2D eigenvalue weighted by molar-refractivity contribution is 0.151. The lowest BCUT2D eigenvalue weighted by Crippen LogP contribution is -2.33. The summed E-state index contributed by atoms with van der Waals surface area (Å²) >= 11 is 0. The summed E-state index contributed by atoms with van der Waals surface area (Å²) in [7, 11) is 0. The number of carbonyl (C=O) groups is 1. The first-order valence-electron chi connectivity index (χ1n) is 4.99. The molecule has 3 aliphatic rings. The van der Waals surface area contributed by atoms with Crippen LogP contribution in [-0.2, 0) is 0 Å². The predicted octanol–water partition coefficient (Wildman–Crippen LogP) is 0.347. The zero-order valence-electron chi connectivity index (χ0n) is 7.44. The molecule has 2 bridgehead atoms. The van der Waals surface area contributed by atoms with Gasteiger partial charge in [0.1, 0.15) is 0 Å². The van der Waals surface area contributed by atoms with Crippen molar-refractivity contribution >= 4 is 6.09 Å². The van der Waals surface area contributed by atoms with E-state index in [1.165, 1.54) is 12.8 Å². The Bertz CT molecular complexity index is 238. The standard InChI is InChI=1S/C9H14N2O2/c12-9(13)11-3-5-6(4-11)8-2-1-7(5)10-8/h5-8,10H,1-4H2,(H,12,13)/t5-,6+,7+,8-. The van der Waals surface area contributed by atoms with Gasteiger partial charge in [0.05, 0.1) is 0 Å². The quantitative estimate of drug-likeness (QED) is 0.568. The minimum absolute atomic E-state index is 0.606. The van der Waals surface area contributed by atoms with E-state index in [0.29, 0.717) is 23.9 Å². The highest BCUT2D eigenvalue weighted by Gasteiger charge is 2.52. The van der Waals surface area contributed by atoms with E-state index in [4.69, 9.17) is 5.11 Å². The average molecular weight is 182 g/mol. The van der Waals surface area contributed by atoms with Crippen LogP contribution in [0.2, 0.25) is 0 Å². The zero-order chi connectivity index (χ0) is 9.00. The van der Waals surface area contributed by atoms with Gasteiger partial charge in [-0.15, -0.1) is 0 Å². The third-order valence-corrected chi connectivity index (χ3v) is 3.93. The predicted molar refractivity (Wildman–Crippen MR) is 46.5 cm³/mol. The van der Waals surface area contributed by atoms with Crippen LogP contribution >= 0.6 is 0 Å². The second-order valence-corrected chi connectivity index (χ2v) is 4.47. The maximum atomic E-state index is 10.8. The molecule has 0 saturated carbocycles. The highest BCUT2D eigenvalue weighted by atomic mass is 16.4. The van der Waals surface area contributed by atoms with Crippen molar-refractivity contribution < 1.29 is 9.90 Å². The summed E-state index contributed by atoms with van der Waals surface area (Å²) in [4.78, 5) is 12.4. The van der Waals surface area contributed by atoms with E-state index in [2.05, 4.69) is 5.32 Å². The summed E-state index contributed by atoms with van der Waals surface area (Å²) in [6, 6.07) is 1.22. The number of rotatable bonds is 0. The summed E-state index contributed by atoms with van der Waals surface area (Å²) < 4.78 is 0. The van der Waals surface area contributed by atoms with Crippen molar-refractivity contribution in [2.75, 3.05) is 13.1 Å². The molecule has 0 unspecified atom stereocenters. The SMILES string of the molecule is O=C(O)N1C[C@@H]2[C@H](C1)[C@H]1CC[C@@H]2N1. The van der Waals surface area contributed by atoms with Gasteiger partial charge in [0.25, 0.3) is 0 Å². The van der Waals surface area contributed by atoms with E-state index >= 15 is 0 Å². The first-order valence-corrected chi connectivity index (χ1v) is 4.99. The molecule has 0 aromatic carbocycles. The first kappa shape index (κ1) is 7.62. The average Bonchev–Trinajstić information content (AvgIpc) is 2.76. The van der Waals surface area contributed by atoms with Gasteiger partial charge in [-0.1, -0.05) is 0 Å². The van der Waals surface area contributed by atoms with E-state index in [-0.39, 0.29) is 0 Å². The highest BCUT2D eigenvalue weighted by molar-refractivity contribution is 5.65. The molecule has 3 rings (SSSR count). The molecule has 0 radical (unpaired) electrons. The maximum Gasteiger partial charge on any atom is 0.407 e. The van der Waals surface area contributed by atoms with Gasteiger partial charge >= 0.3 is 6.09 Å². The van der Waals surface area contributed by atoms with Crippen molar-refractivity contribution in [2.24, 2.45) is 11.8 Å². The Labute approximate surface area is 76.9 Å². The molecule has 1 amide bonds. The third kappa shape index (κ3) is 0.921. The molecular weight excluding hydrogens is 168 g/mol. The Balaban J connectivity index is 1.79. The molecule has 4 atom stereocenters. The molecule has 0 aliphatic carbocycles. The number of carboxylic acid groups (broad SMARTS) is 1. The molecule has 3 heterocycles. The summed E-state index contributed by atoms with van der Waals surface area (Å²) in [5.74, 6) is 1.21. The van der Waals surface area contributed by atoms with Gasteiger partial charge in [0, 0.05) is 25.2 Å². The second-order valence-electron chi connectivity index (χ2n) is 4.47. The molecule has 2 N–H and O–H groups in total. The van der Waals surface area contributed by atoms with Crippen molar-refractivity contribution in [3.63, 3.8) is 0 Å². The fourth-order valence-electron chi connectivity index (χ4n) is 3.34. The Hall–Kier alpha value is -0.770. The smallest absolute Gasteiger partial charge is 0.407 e. The lowest BCUT2D eigenvalue weighted by Gasteiger charge is -2.19. The van der Waals surface area contributed by atoms with Gasteiger partial charge in [0.15, 0.2) is 0 Å². The van der Waals surface area contributed by atoms with E-state index in [0.717, 1.165) is 13.1 Å². The van der Waals surface area contributed by atoms with Crippen molar-refractivity contribution in [1.82, 2.24) is 10.2 Å². The third-order valence-electron chi connectivity index (χ3n) is 3.93. The van der Waals surface area contributed by atoms with Crippen LogP contribution in [0.5, 0.6) is 0 Å². The molecule has 4 nitrogen and oxygen atoms in total. The van der Waals surface area contributed by atoms with Crippen LogP contribution in [0.3, 0.4) is 0 Å². The maximum absolute atomic E-state index is 10.8. The van der Waals surface area contributed by atoms with E-state index in [1.807, 2.05) is 0 Å². The minimum atomic E-state index is -0.742. The van der Waals surface area contributed by atoms with Gasteiger partial charge in [0.2, 0.25) is 0 Å². The summed E-state index contributed by atoms with van der Waals surface area (Å²) in [6.07, 6.45) is 1.76. The largest absolute Gasteiger partial charge is 0.465 e. The monoisotopic (exact) mass is 182 g/mol. The lowest BCUT2D eigenvalue weighted by atomic mass is 9.82. The normalized spacial score (nSPS) is 46.9. The Morgan fingerprint density at radius 2 is 1.77 bits per heavy atom. The molecule has 3 fully saturated rings. The number of fused-ring (bicyclic) bond motifs is 5.